The maximum absolute atomic E-state index is 8.06. The second-order valence-corrected chi connectivity index (χ2v) is 0. The van der Waals surface area contributed by atoms with Gasteiger partial charge in [-0.1, -0.05) is 0 Å². The third kappa shape index (κ3) is 8.85. The molecule has 0 spiro atoms. The first-order chi connectivity index (χ1) is 1.00. The Balaban J connectivity index is -0.00000000500. The van der Waals surface area contributed by atoms with E-state index in [1.165, 1.54) is 0 Å². The minimum absolute atomic E-state index is 0. The van der Waals surface area contributed by atoms with E-state index < -0.39 is 0 Å². The molecule has 0 saturated heterocycles. The van der Waals surface area contributed by atoms with E-state index in [1.54, 1.807) is 15.9 Å². The molecular weight excluding hydrogens is 214 g/mol. The van der Waals surface area contributed by atoms with Crippen molar-refractivity contribution in [2.45, 2.75) is 0 Å². The fraction of sp³-hybridized carbons (Fsp3) is 0. The molecule has 0 aliphatic rings. The van der Waals surface area contributed by atoms with Crippen LogP contribution in [0.5, 0.6) is 0 Å². The zero-order valence-corrected chi connectivity index (χ0v) is 3.42. The first-order valence-electron chi connectivity index (χ1n) is 0.154. The summed E-state index contributed by atoms with van der Waals surface area (Å²) in [5.41, 5.74) is 0. The molecule has 4 heteroatoms. The molecule has 0 fully saturated rings. The average Bonchev–Trinajstić information content (AvgIpc) is 1.00. The van der Waals surface area contributed by atoms with Gasteiger partial charge in [0.2, 0.25) is 0 Å². The molecule has 0 aliphatic carbocycles. The van der Waals surface area contributed by atoms with Crippen molar-refractivity contribution in [1.82, 2.24) is 0 Å². The summed E-state index contributed by atoms with van der Waals surface area (Å²) in [6.45, 7) is 0. The number of hydrogen-bond acceptors (Lipinski definition) is 1. The summed E-state index contributed by atoms with van der Waals surface area (Å²) < 4.78 is 8.06. The van der Waals surface area contributed by atoms with Crippen molar-refractivity contribution in [3.63, 3.8) is 0 Å². The molecule has 25 valence electrons. The summed E-state index contributed by atoms with van der Waals surface area (Å²) in [6, 6.07) is 0. The van der Waals surface area contributed by atoms with Gasteiger partial charge in [-0.15, -0.1) is 0 Å². The molecule has 0 unspecified atom stereocenters. The van der Waals surface area contributed by atoms with Crippen LogP contribution < -0.4 is 0 Å². The molecule has 0 aliphatic heterocycles. The Morgan fingerprint density at radius 3 is 1.25 bits per heavy atom. The van der Waals surface area contributed by atoms with Crippen molar-refractivity contribution in [2.24, 2.45) is 0 Å². The Morgan fingerprint density at radius 1 is 1.25 bits per heavy atom. The second-order valence-electron chi connectivity index (χ2n) is 0. The van der Waals surface area contributed by atoms with Gasteiger partial charge in [-0.05, 0) is 0 Å². The van der Waals surface area contributed by atoms with Gasteiger partial charge in [0, 0.05) is 17.1 Å². The van der Waals surface area contributed by atoms with Crippen LogP contribution in [0.1, 0.15) is 0 Å². The van der Waals surface area contributed by atoms with Gasteiger partial charge in [0.15, 0.2) is 0 Å². The second kappa shape index (κ2) is 18.4. The molecule has 0 rings (SSSR count). The van der Waals surface area contributed by atoms with Crippen molar-refractivity contribution in [1.29, 1.82) is 0 Å². The third-order valence-electron chi connectivity index (χ3n) is 0. The monoisotopic (exact) mass is 217 g/mol. The predicted octanol–water partition coefficient (Wildman–Crippen LogP) is -1.04. The Hall–Kier alpha value is 2.32. The Bertz CT molecular complexity index is 8.00. The summed E-state index contributed by atoms with van der Waals surface area (Å²) in [5.74, 6) is 0. The van der Waals surface area contributed by atoms with Gasteiger partial charge < -0.3 is 0 Å². The maximum atomic E-state index is 8.06. The van der Waals surface area contributed by atoms with Gasteiger partial charge in [0.05, 0.1) is 0 Å². The molecule has 1 nitrogen and oxygen atoms in total. The molecule has 0 N–H and O–H groups in total. The minimum atomic E-state index is 0. The normalized spacial score (nSPS) is 1.00. The van der Waals surface area contributed by atoms with Crippen LogP contribution >= 0.6 is 0 Å². The van der Waals surface area contributed by atoms with Crippen molar-refractivity contribution < 1.29 is 36.8 Å². The fourth-order valence-corrected chi connectivity index (χ4v) is 0. The van der Waals surface area contributed by atoms with Crippen LogP contribution in [0.25, 0.3) is 0 Å². The summed E-state index contributed by atoms with van der Waals surface area (Å²) in [4.78, 5) is 0. The fourth-order valence-electron chi connectivity index (χ4n) is 0. The Morgan fingerprint density at radius 2 is 1.25 bits per heavy atom. The van der Waals surface area contributed by atoms with Crippen molar-refractivity contribution in [2.75, 3.05) is 0 Å². The van der Waals surface area contributed by atoms with Crippen molar-refractivity contribution in [3.05, 3.63) is 0 Å². The van der Waals surface area contributed by atoms with Gasteiger partial charge >= 0.3 is 65.3 Å². The number of rotatable bonds is 0. The van der Waals surface area contributed by atoms with E-state index >= 15 is 0 Å². The van der Waals surface area contributed by atoms with Gasteiger partial charge in [0.25, 0.3) is 0 Å². The van der Waals surface area contributed by atoms with Crippen LogP contribution in [0.2, 0.25) is 0 Å². The first-order valence-corrected chi connectivity index (χ1v) is 0.636. The molecule has 0 bridgehead atoms. The van der Waals surface area contributed by atoms with Crippen LogP contribution in [-0.4, -0.2) is 45.5 Å². The third-order valence-corrected chi connectivity index (χ3v) is 0. The Labute approximate surface area is 80.7 Å². The average molecular weight is 216 g/mol. The molecule has 0 atom stereocenters. The molecule has 0 amide bonds. The molecular formula is H2FeMnOSr. The zero-order chi connectivity index (χ0) is 2.00. The van der Waals surface area contributed by atoms with E-state index in [-0.39, 0.29) is 62.6 Å². The number of hydrogen-bond donors (Lipinski definition) is 0. The standard InChI is InChI=1S/Fe.Mn.O.Sr.2H. The molecule has 0 aromatic rings. The molecule has 0 aromatic carbocycles. The van der Waals surface area contributed by atoms with E-state index in [4.69, 9.17) is 3.83 Å². The molecule has 0 radical (unpaired) electrons. The topological polar surface area (TPSA) is 17.1 Å². The SMILES string of the molecule is [Fe].[O]=[Mn].[SrH2]. The van der Waals surface area contributed by atoms with Crippen LogP contribution in [0.3, 0.4) is 0 Å². The summed E-state index contributed by atoms with van der Waals surface area (Å²) >= 11 is 1.69. The quantitative estimate of drug-likeness (QED) is 0.473. The van der Waals surface area contributed by atoms with Gasteiger partial charge in [-0.2, -0.15) is 0 Å². The predicted molar refractivity (Wildman–Crippen MR) is 9.23 cm³/mol. The van der Waals surface area contributed by atoms with Crippen LogP contribution in [0, 0.1) is 0 Å². The van der Waals surface area contributed by atoms with Gasteiger partial charge in [0.1, 0.15) is 0 Å². The molecule has 0 aromatic heterocycles. The summed E-state index contributed by atoms with van der Waals surface area (Å²) in [7, 11) is 0. The van der Waals surface area contributed by atoms with Crippen LogP contribution in [0.4, 0.5) is 0 Å². The first kappa shape index (κ1) is 16.2. The van der Waals surface area contributed by atoms with Gasteiger partial charge in [-0.25, -0.2) is 0 Å². The molecule has 4 heavy (non-hydrogen) atoms. The van der Waals surface area contributed by atoms with Crippen LogP contribution in [0.15, 0.2) is 0 Å². The van der Waals surface area contributed by atoms with E-state index in [9.17, 15) is 0 Å². The Kier molecular flexibility index (Phi) is 74.8. The van der Waals surface area contributed by atoms with E-state index in [0.29, 0.717) is 0 Å². The van der Waals surface area contributed by atoms with Gasteiger partial charge in [-0.3, -0.25) is 0 Å². The van der Waals surface area contributed by atoms with Crippen molar-refractivity contribution in [3.8, 4) is 0 Å². The zero-order valence-electron chi connectivity index (χ0n) is 1.14. The molecule has 0 saturated carbocycles. The van der Waals surface area contributed by atoms with Crippen molar-refractivity contribution >= 4 is 45.5 Å². The summed E-state index contributed by atoms with van der Waals surface area (Å²) in [5, 5.41) is 0. The van der Waals surface area contributed by atoms with E-state index in [0.717, 1.165) is 0 Å². The summed E-state index contributed by atoms with van der Waals surface area (Å²) in [6.07, 6.45) is 0. The van der Waals surface area contributed by atoms with Crippen LogP contribution in [-0.2, 0) is 36.8 Å². The van der Waals surface area contributed by atoms with E-state index in [1.807, 2.05) is 0 Å². The molecule has 0 heterocycles. The van der Waals surface area contributed by atoms with E-state index in [2.05, 4.69) is 0 Å².